The van der Waals surface area contributed by atoms with Crippen LogP contribution in [0, 0.1) is 0 Å². The summed E-state index contributed by atoms with van der Waals surface area (Å²) >= 11 is 1.02. The lowest BCUT2D eigenvalue weighted by Gasteiger charge is -2.41. The number of hydrogen-bond donors (Lipinski definition) is 3. The van der Waals surface area contributed by atoms with E-state index < -0.39 is 27.4 Å². The van der Waals surface area contributed by atoms with E-state index in [4.69, 9.17) is 5.11 Å². The Balaban J connectivity index is 2.12. The molecule has 7 nitrogen and oxygen atoms in total. The molecule has 1 heterocycles. The lowest BCUT2D eigenvalue weighted by Crippen LogP contribution is -2.54. The van der Waals surface area contributed by atoms with Gasteiger partial charge in [0.2, 0.25) is 10.0 Å². The summed E-state index contributed by atoms with van der Waals surface area (Å²) in [5.41, 5.74) is -0.699. The molecule has 0 atom stereocenters. The molecule has 1 amide bonds. The van der Waals surface area contributed by atoms with Gasteiger partial charge in [0.05, 0.1) is 21.7 Å². The lowest BCUT2D eigenvalue weighted by molar-refractivity contribution is -0.139. The fourth-order valence-corrected chi connectivity index (χ4v) is 4.14. The molecule has 1 aliphatic carbocycles. The first-order valence-electron chi connectivity index (χ1n) is 6.34. The van der Waals surface area contributed by atoms with Crippen molar-refractivity contribution in [2.24, 2.45) is 0 Å². The highest BCUT2D eigenvalue weighted by Gasteiger charge is 2.40. The molecule has 1 saturated carbocycles. The molecule has 1 fully saturated rings. The Morgan fingerprint density at radius 2 is 2.10 bits per heavy atom. The van der Waals surface area contributed by atoms with Crippen LogP contribution in [0.4, 0.5) is 0 Å². The second-order valence-corrected chi connectivity index (χ2v) is 7.81. The van der Waals surface area contributed by atoms with Crippen LogP contribution in [0.5, 0.6) is 0 Å². The van der Waals surface area contributed by atoms with E-state index in [9.17, 15) is 18.0 Å². The molecule has 0 aliphatic heterocycles. The first kappa shape index (κ1) is 15.9. The molecule has 0 unspecified atom stereocenters. The number of amides is 1. The first-order chi connectivity index (χ1) is 9.78. The van der Waals surface area contributed by atoms with Gasteiger partial charge in [0.25, 0.3) is 5.91 Å². The number of carboxylic acid groups (broad SMARTS) is 1. The Kier molecular flexibility index (Phi) is 4.35. The topological polar surface area (TPSA) is 113 Å². The molecule has 0 spiro atoms. The van der Waals surface area contributed by atoms with Crippen molar-refractivity contribution in [3.63, 3.8) is 0 Å². The minimum atomic E-state index is -3.58. The molecule has 3 N–H and O–H groups in total. The molecule has 2 rings (SSSR count). The van der Waals surface area contributed by atoms with Crippen molar-refractivity contribution >= 4 is 33.2 Å². The summed E-state index contributed by atoms with van der Waals surface area (Å²) in [5, 5.41) is 13.0. The molecule has 0 saturated heterocycles. The number of aliphatic carboxylic acids is 1. The molecule has 1 aromatic rings. The van der Waals surface area contributed by atoms with Crippen LogP contribution in [0.15, 0.2) is 16.3 Å². The van der Waals surface area contributed by atoms with E-state index in [0.29, 0.717) is 12.8 Å². The fourth-order valence-electron chi connectivity index (χ4n) is 2.24. The maximum absolute atomic E-state index is 12.2. The van der Waals surface area contributed by atoms with Crippen LogP contribution < -0.4 is 10.0 Å². The van der Waals surface area contributed by atoms with Crippen LogP contribution in [-0.4, -0.2) is 38.0 Å². The maximum Gasteiger partial charge on any atom is 0.305 e. The molecule has 1 aliphatic rings. The summed E-state index contributed by atoms with van der Waals surface area (Å²) < 4.78 is 25.4. The predicted octanol–water partition coefficient (Wildman–Crippen LogP) is 0.783. The average Bonchev–Trinajstić information content (AvgIpc) is 2.85. The van der Waals surface area contributed by atoms with E-state index in [-0.39, 0.29) is 16.2 Å². The summed E-state index contributed by atoms with van der Waals surface area (Å²) in [5.74, 6) is -1.39. The predicted molar refractivity (Wildman–Crippen MR) is 76.9 cm³/mol. The Morgan fingerprint density at radius 1 is 1.43 bits per heavy atom. The Bertz CT molecular complexity index is 661. The van der Waals surface area contributed by atoms with Gasteiger partial charge in [0.15, 0.2) is 0 Å². The molecule has 0 radical (unpaired) electrons. The summed E-state index contributed by atoms with van der Waals surface area (Å²) in [6.07, 6.45) is 2.00. The van der Waals surface area contributed by atoms with Crippen molar-refractivity contribution in [3.8, 4) is 0 Å². The minimum Gasteiger partial charge on any atom is -0.481 e. The third-order valence-electron chi connectivity index (χ3n) is 3.56. The number of rotatable bonds is 6. The van der Waals surface area contributed by atoms with E-state index in [0.717, 1.165) is 17.8 Å². The zero-order chi connectivity index (χ0) is 15.7. The van der Waals surface area contributed by atoms with E-state index in [1.807, 2.05) is 0 Å². The van der Waals surface area contributed by atoms with Gasteiger partial charge in [-0.3, -0.25) is 9.59 Å². The molecule has 0 aromatic carbocycles. The van der Waals surface area contributed by atoms with Crippen LogP contribution in [0.25, 0.3) is 0 Å². The lowest BCUT2D eigenvalue weighted by atomic mass is 9.74. The zero-order valence-electron chi connectivity index (χ0n) is 11.4. The smallest absolute Gasteiger partial charge is 0.305 e. The van der Waals surface area contributed by atoms with Gasteiger partial charge in [-0.25, -0.2) is 13.1 Å². The minimum absolute atomic E-state index is 0.0287. The van der Waals surface area contributed by atoms with E-state index in [1.54, 1.807) is 0 Å². The van der Waals surface area contributed by atoms with Crippen molar-refractivity contribution in [2.45, 2.75) is 36.1 Å². The number of nitrogens with one attached hydrogen (secondary N) is 2. The Labute approximate surface area is 126 Å². The van der Waals surface area contributed by atoms with Crippen LogP contribution >= 0.6 is 11.3 Å². The summed E-state index contributed by atoms with van der Waals surface area (Å²) in [4.78, 5) is 23.3. The van der Waals surface area contributed by atoms with E-state index in [1.165, 1.54) is 18.5 Å². The molecule has 116 valence electrons. The van der Waals surface area contributed by atoms with Gasteiger partial charge in [0.1, 0.15) is 0 Å². The number of carbonyl (C=O) groups is 2. The number of hydrogen-bond acceptors (Lipinski definition) is 5. The van der Waals surface area contributed by atoms with Crippen LogP contribution in [0.2, 0.25) is 0 Å². The standard InChI is InChI=1S/C12H16N2O5S2/c1-13-21(18,19)8-5-9(20-7-8)11(17)14-12(3-2-4-12)6-10(15)16/h5,7,13H,2-4,6H2,1H3,(H,14,17)(H,15,16). The van der Waals surface area contributed by atoms with Crippen molar-refractivity contribution in [1.29, 1.82) is 0 Å². The Hall–Kier alpha value is -1.45. The van der Waals surface area contributed by atoms with Gasteiger partial charge in [-0.15, -0.1) is 11.3 Å². The number of carbonyl (C=O) groups excluding carboxylic acids is 1. The monoisotopic (exact) mass is 332 g/mol. The van der Waals surface area contributed by atoms with Crippen molar-refractivity contribution in [2.75, 3.05) is 7.05 Å². The van der Waals surface area contributed by atoms with Gasteiger partial charge < -0.3 is 10.4 Å². The average molecular weight is 332 g/mol. The normalized spacial score (nSPS) is 17.0. The van der Waals surface area contributed by atoms with Crippen molar-refractivity contribution < 1.29 is 23.1 Å². The highest BCUT2D eigenvalue weighted by molar-refractivity contribution is 7.89. The highest BCUT2D eigenvalue weighted by Crippen LogP contribution is 2.35. The maximum atomic E-state index is 12.2. The number of sulfonamides is 1. The molecule has 21 heavy (non-hydrogen) atoms. The third kappa shape index (κ3) is 3.42. The zero-order valence-corrected chi connectivity index (χ0v) is 13.0. The number of carboxylic acids is 1. The van der Waals surface area contributed by atoms with E-state index >= 15 is 0 Å². The van der Waals surface area contributed by atoms with Gasteiger partial charge in [0, 0.05) is 5.38 Å². The second kappa shape index (κ2) is 5.74. The first-order valence-corrected chi connectivity index (χ1v) is 8.71. The van der Waals surface area contributed by atoms with E-state index in [2.05, 4.69) is 10.0 Å². The largest absolute Gasteiger partial charge is 0.481 e. The quantitative estimate of drug-likeness (QED) is 0.713. The van der Waals surface area contributed by atoms with Crippen LogP contribution in [0.3, 0.4) is 0 Å². The summed E-state index contributed by atoms with van der Waals surface area (Å²) in [6.45, 7) is 0. The molecular weight excluding hydrogens is 316 g/mol. The third-order valence-corrected chi connectivity index (χ3v) is 6.03. The van der Waals surface area contributed by atoms with Gasteiger partial charge in [-0.2, -0.15) is 0 Å². The van der Waals surface area contributed by atoms with Gasteiger partial charge >= 0.3 is 5.97 Å². The molecule has 0 bridgehead atoms. The molecule has 9 heteroatoms. The van der Waals surface area contributed by atoms with Crippen LogP contribution in [0.1, 0.15) is 35.4 Å². The van der Waals surface area contributed by atoms with Crippen molar-refractivity contribution in [1.82, 2.24) is 10.0 Å². The van der Waals surface area contributed by atoms with Gasteiger partial charge in [-0.1, -0.05) is 0 Å². The summed E-state index contributed by atoms with van der Waals surface area (Å²) in [6, 6.07) is 1.29. The molecule has 1 aromatic heterocycles. The highest BCUT2D eigenvalue weighted by atomic mass is 32.2. The van der Waals surface area contributed by atoms with Crippen molar-refractivity contribution in [3.05, 3.63) is 16.3 Å². The van der Waals surface area contributed by atoms with Crippen LogP contribution in [-0.2, 0) is 14.8 Å². The summed E-state index contributed by atoms with van der Waals surface area (Å²) in [7, 11) is -2.28. The Morgan fingerprint density at radius 3 is 2.57 bits per heavy atom. The fraction of sp³-hybridized carbons (Fsp3) is 0.500. The molecular formula is C12H16N2O5S2. The second-order valence-electron chi connectivity index (χ2n) is 5.01. The SMILES string of the molecule is CNS(=O)(=O)c1csc(C(=O)NC2(CC(=O)O)CCC2)c1. The number of thiophene rings is 1. The van der Waals surface area contributed by atoms with Gasteiger partial charge in [-0.05, 0) is 32.4 Å².